The van der Waals surface area contributed by atoms with Gasteiger partial charge in [-0.3, -0.25) is 14.9 Å². The van der Waals surface area contributed by atoms with Crippen LogP contribution < -0.4 is 16.3 Å². The van der Waals surface area contributed by atoms with E-state index in [4.69, 9.17) is 0 Å². The predicted octanol–water partition coefficient (Wildman–Crippen LogP) is 2.10. The number of carbonyl (C=O) groups is 1. The number of amides is 1. The molecule has 2 aromatic rings. The van der Waals surface area contributed by atoms with E-state index < -0.39 is 4.92 Å². The lowest BCUT2D eigenvalue weighted by molar-refractivity contribution is -0.384. The molecule has 0 radical (unpaired) electrons. The summed E-state index contributed by atoms with van der Waals surface area (Å²) < 4.78 is 0. The standard InChI is InChI=1S/C16H17N5O3S/c1-10(11-4-6-12(7-5-11)21(23)24)17-20-16(22)14-9-13(18-19-14)15-3-2-8-25-15/h2-8,13-14,18-19H,9H2,1H3,(H,20,22)/b17-10+. The minimum atomic E-state index is -0.458. The summed E-state index contributed by atoms with van der Waals surface area (Å²) in [6.45, 7) is 1.73. The van der Waals surface area contributed by atoms with Gasteiger partial charge in [0.1, 0.15) is 6.04 Å². The maximum atomic E-state index is 12.2. The fraction of sp³-hybridized carbons (Fsp3) is 0.250. The van der Waals surface area contributed by atoms with Gasteiger partial charge in [0.05, 0.1) is 16.7 Å². The van der Waals surface area contributed by atoms with Crippen LogP contribution in [-0.4, -0.2) is 22.6 Å². The largest absolute Gasteiger partial charge is 0.271 e. The van der Waals surface area contributed by atoms with Gasteiger partial charge in [0, 0.05) is 17.0 Å². The van der Waals surface area contributed by atoms with E-state index in [1.54, 1.807) is 30.4 Å². The number of thiophene rings is 1. The summed E-state index contributed by atoms with van der Waals surface area (Å²) in [4.78, 5) is 23.6. The lowest BCUT2D eigenvalue weighted by Gasteiger charge is -2.08. The van der Waals surface area contributed by atoms with Gasteiger partial charge < -0.3 is 0 Å². The quantitative estimate of drug-likeness (QED) is 0.430. The average molecular weight is 359 g/mol. The highest BCUT2D eigenvalue weighted by Gasteiger charge is 2.30. The first-order chi connectivity index (χ1) is 12.0. The van der Waals surface area contributed by atoms with Gasteiger partial charge in [-0.2, -0.15) is 5.10 Å². The van der Waals surface area contributed by atoms with Crippen LogP contribution in [0.25, 0.3) is 0 Å². The Labute approximate surface area is 148 Å². The molecular formula is C16H17N5O3S. The molecule has 1 amide bonds. The van der Waals surface area contributed by atoms with E-state index in [2.05, 4.69) is 21.4 Å². The number of rotatable bonds is 5. The van der Waals surface area contributed by atoms with Crippen LogP contribution in [0.1, 0.15) is 29.8 Å². The van der Waals surface area contributed by atoms with E-state index in [1.807, 2.05) is 17.5 Å². The fourth-order valence-electron chi connectivity index (χ4n) is 2.51. The summed E-state index contributed by atoms with van der Waals surface area (Å²) in [5.41, 5.74) is 9.93. The Morgan fingerprint density at radius 1 is 1.32 bits per heavy atom. The third-order valence-corrected chi connectivity index (χ3v) is 4.92. The number of nitrogens with one attached hydrogen (secondary N) is 3. The lowest BCUT2D eigenvalue weighted by Crippen LogP contribution is -2.41. The number of hydrazone groups is 1. The zero-order valence-electron chi connectivity index (χ0n) is 13.4. The van der Waals surface area contributed by atoms with Crippen molar-refractivity contribution < 1.29 is 9.72 Å². The number of benzene rings is 1. The molecule has 1 aliphatic heterocycles. The number of hydrazine groups is 1. The van der Waals surface area contributed by atoms with E-state index in [-0.39, 0.29) is 23.7 Å². The Morgan fingerprint density at radius 2 is 2.08 bits per heavy atom. The highest BCUT2D eigenvalue weighted by Crippen LogP contribution is 2.25. The second kappa shape index (κ2) is 7.51. The normalized spacial score (nSPS) is 20.4. The van der Waals surface area contributed by atoms with E-state index in [0.29, 0.717) is 17.7 Å². The van der Waals surface area contributed by atoms with Crippen LogP contribution in [0, 0.1) is 10.1 Å². The molecule has 0 saturated carbocycles. The number of hydrogen-bond acceptors (Lipinski definition) is 7. The van der Waals surface area contributed by atoms with Crippen LogP contribution in [0.4, 0.5) is 5.69 Å². The molecule has 1 saturated heterocycles. The molecule has 3 rings (SSSR count). The van der Waals surface area contributed by atoms with Crippen molar-refractivity contribution in [2.24, 2.45) is 5.10 Å². The third kappa shape index (κ3) is 4.08. The first-order valence-electron chi connectivity index (χ1n) is 7.68. The van der Waals surface area contributed by atoms with Crippen molar-refractivity contribution in [3.63, 3.8) is 0 Å². The fourth-order valence-corrected chi connectivity index (χ4v) is 3.30. The summed E-state index contributed by atoms with van der Waals surface area (Å²) in [5, 5.41) is 16.7. The van der Waals surface area contributed by atoms with Crippen molar-refractivity contribution in [2.45, 2.75) is 25.4 Å². The highest BCUT2D eigenvalue weighted by molar-refractivity contribution is 7.10. The van der Waals surface area contributed by atoms with Gasteiger partial charge in [-0.15, -0.1) is 11.3 Å². The molecule has 0 aliphatic carbocycles. The zero-order chi connectivity index (χ0) is 17.8. The first-order valence-corrected chi connectivity index (χ1v) is 8.56. The van der Waals surface area contributed by atoms with Crippen LogP contribution in [0.2, 0.25) is 0 Å². The maximum absolute atomic E-state index is 12.2. The zero-order valence-corrected chi connectivity index (χ0v) is 14.2. The van der Waals surface area contributed by atoms with Crippen LogP contribution >= 0.6 is 11.3 Å². The molecule has 1 fully saturated rings. The SMILES string of the molecule is C/C(=N\NC(=O)C1CC(c2cccs2)NN1)c1ccc([N+](=O)[O-])cc1. The Morgan fingerprint density at radius 3 is 2.72 bits per heavy atom. The molecule has 2 unspecified atom stereocenters. The molecular weight excluding hydrogens is 342 g/mol. The second-order valence-electron chi connectivity index (χ2n) is 5.62. The predicted molar refractivity (Wildman–Crippen MR) is 95.2 cm³/mol. The lowest BCUT2D eigenvalue weighted by atomic mass is 10.1. The van der Waals surface area contributed by atoms with E-state index >= 15 is 0 Å². The van der Waals surface area contributed by atoms with Gasteiger partial charge in [-0.25, -0.2) is 16.3 Å². The van der Waals surface area contributed by atoms with Gasteiger partial charge in [0.25, 0.3) is 11.6 Å². The maximum Gasteiger partial charge on any atom is 0.269 e. The molecule has 2 heterocycles. The smallest absolute Gasteiger partial charge is 0.269 e. The molecule has 25 heavy (non-hydrogen) atoms. The molecule has 2 atom stereocenters. The molecule has 1 aromatic carbocycles. The molecule has 1 aliphatic rings. The number of nitrogens with zero attached hydrogens (tertiary/aromatic N) is 2. The molecule has 0 spiro atoms. The topological polar surface area (TPSA) is 109 Å². The summed E-state index contributed by atoms with van der Waals surface area (Å²) in [6.07, 6.45) is 0.637. The highest BCUT2D eigenvalue weighted by atomic mass is 32.1. The Bertz CT molecular complexity index is 789. The Balaban J connectivity index is 1.57. The van der Waals surface area contributed by atoms with Gasteiger partial charge in [-0.1, -0.05) is 6.07 Å². The number of hydrogen-bond donors (Lipinski definition) is 3. The van der Waals surface area contributed by atoms with Crippen LogP contribution in [-0.2, 0) is 4.79 Å². The Kier molecular flexibility index (Phi) is 5.17. The van der Waals surface area contributed by atoms with Crippen molar-refractivity contribution in [3.05, 3.63) is 62.3 Å². The monoisotopic (exact) mass is 359 g/mol. The van der Waals surface area contributed by atoms with Gasteiger partial charge >= 0.3 is 0 Å². The number of nitro groups is 1. The number of nitro benzene ring substituents is 1. The summed E-state index contributed by atoms with van der Waals surface area (Å²) in [7, 11) is 0. The van der Waals surface area contributed by atoms with Crippen molar-refractivity contribution in [2.75, 3.05) is 0 Å². The molecule has 8 nitrogen and oxygen atoms in total. The van der Waals surface area contributed by atoms with Crippen molar-refractivity contribution in [1.82, 2.24) is 16.3 Å². The minimum absolute atomic E-state index is 0.0152. The first kappa shape index (κ1) is 17.2. The van der Waals surface area contributed by atoms with Crippen molar-refractivity contribution in [3.8, 4) is 0 Å². The van der Waals surface area contributed by atoms with Crippen molar-refractivity contribution in [1.29, 1.82) is 0 Å². The van der Waals surface area contributed by atoms with Gasteiger partial charge in [0.15, 0.2) is 0 Å². The van der Waals surface area contributed by atoms with Gasteiger partial charge in [-0.05, 0) is 42.5 Å². The summed E-state index contributed by atoms with van der Waals surface area (Å²) >= 11 is 1.64. The summed E-state index contributed by atoms with van der Waals surface area (Å²) in [6, 6.07) is 9.76. The Hall–Kier alpha value is -2.62. The van der Waals surface area contributed by atoms with E-state index in [9.17, 15) is 14.9 Å². The molecule has 3 N–H and O–H groups in total. The number of non-ortho nitro benzene ring substituents is 1. The van der Waals surface area contributed by atoms with E-state index in [1.165, 1.54) is 17.0 Å². The third-order valence-electron chi connectivity index (χ3n) is 3.94. The van der Waals surface area contributed by atoms with E-state index in [0.717, 1.165) is 0 Å². The van der Waals surface area contributed by atoms with Crippen LogP contribution in [0.3, 0.4) is 0 Å². The second-order valence-corrected chi connectivity index (χ2v) is 6.60. The molecule has 130 valence electrons. The molecule has 9 heteroatoms. The average Bonchev–Trinajstić information content (AvgIpc) is 3.30. The van der Waals surface area contributed by atoms with Gasteiger partial charge in [0.2, 0.25) is 0 Å². The number of carbonyl (C=O) groups excluding carboxylic acids is 1. The molecule has 1 aromatic heterocycles. The van der Waals surface area contributed by atoms with Crippen LogP contribution in [0.5, 0.6) is 0 Å². The minimum Gasteiger partial charge on any atom is -0.271 e. The van der Waals surface area contributed by atoms with Crippen LogP contribution in [0.15, 0.2) is 46.9 Å². The van der Waals surface area contributed by atoms with Crippen molar-refractivity contribution >= 4 is 28.6 Å². The summed E-state index contributed by atoms with van der Waals surface area (Å²) in [5.74, 6) is -0.229. The molecule has 0 bridgehead atoms.